The van der Waals surface area contributed by atoms with Gasteiger partial charge in [0.2, 0.25) is 0 Å². The number of carbonyl (C=O) groups excluding carboxylic acids is 1. The molecule has 0 unspecified atom stereocenters. The number of pyridine rings is 3. The number of piperazine rings is 1. The molecule has 0 radical (unpaired) electrons. The van der Waals surface area contributed by atoms with E-state index in [-0.39, 0.29) is 11.4 Å². The molecule has 0 saturated carbocycles. The Kier molecular flexibility index (Phi) is 7.13. The molecule has 1 aromatic carbocycles. The highest BCUT2D eigenvalue weighted by Gasteiger charge is 2.26. The van der Waals surface area contributed by atoms with Crippen LogP contribution < -0.4 is 15.5 Å². The zero-order chi connectivity index (χ0) is 26.0. The van der Waals surface area contributed by atoms with Crippen molar-refractivity contribution in [2.75, 3.05) is 30.8 Å². The molecule has 2 N–H and O–H groups in total. The van der Waals surface area contributed by atoms with Gasteiger partial charge in [0, 0.05) is 47.2 Å². The predicted octanol–water partition coefficient (Wildman–Crippen LogP) is 4.84. The Morgan fingerprint density at radius 2 is 1.95 bits per heavy atom. The Bertz CT molecular complexity index is 1450. The van der Waals surface area contributed by atoms with Gasteiger partial charge in [0.1, 0.15) is 5.82 Å². The molecular formula is C29H32N6OS. The molecule has 0 spiro atoms. The van der Waals surface area contributed by atoms with Gasteiger partial charge in [0.25, 0.3) is 5.91 Å². The third kappa shape index (κ3) is 5.76. The highest BCUT2D eigenvalue weighted by Crippen LogP contribution is 2.24. The predicted molar refractivity (Wildman–Crippen MR) is 151 cm³/mol. The molecule has 7 nitrogen and oxygen atoms in total. The van der Waals surface area contributed by atoms with Crippen LogP contribution in [0.25, 0.3) is 22.3 Å². The summed E-state index contributed by atoms with van der Waals surface area (Å²) >= 11 is 1.64. The molecule has 1 amide bonds. The lowest BCUT2D eigenvalue weighted by Crippen LogP contribution is -2.57. The smallest absolute Gasteiger partial charge is 0.251 e. The van der Waals surface area contributed by atoms with Gasteiger partial charge in [-0.05, 0) is 75.1 Å². The summed E-state index contributed by atoms with van der Waals surface area (Å²) in [6.07, 6.45) is 3.82. The van der Waals surface area contributed by atoms with Crippen molar-refractivity contribution in [1.29, 1.82) is 0 Å². The molecule has 190 valence electrons. The average Bonchev–Trinajstić information content (AvgIpc) is 2.91. The molecule has 37 heavy (non-hydrogen) atoms. The number of aryl methyl sites for hydroxylation is 1. The average molecular weight is 513 g/mol. The lowest BCUT2D eigenvalue weighted by atomic mass is 10.0. The number of anilines is 1. The second kappa shape index (κ2) is 10.5. The second-order valence-corrected chi connectivity index (χ2v) is 10.9. The van der Waals surface area contributed by atoms with Crippen molar-refractivity contribution in [3.05, 3.63) is 77.6 Å². The first-order valence-electron chi connectivity index (χ1n) is 12.5. The Morgan fingerprint density at radius 1 is 1.11 bits per heavy atom. The first-order chi connectivity index (χ1) is 17.8. The monoisotopic (exact) mass is 512 g/mol. The molecule has 1 fully saturated rings. The van der Waals surface area contributed by atoms with Crippen LogP contribution in [0.5, 0.6) is 0 Å². The number of hydrogen-bond donors (Lipinski definition) is 2. The number of aromatic nitrogens is 3. The summed E-state index contributed by atoms with van der Waals surface area (Å²) in [6, 6.07) is 17.8. The van der Waals surface area contributed by atoms with Gasteiger partial charge in [-0.1, -0.05) is 12.1 Å². The summed E-state index contributed by atoms with van der Waals surface area (Å²) in [5.41, 5.74) is 5.10. The van der Waals surface area contributed by atoms with Crippen LogP contribution in [0.4, 0.5) is 5.82 Å². The lowest BCUT2D eigenvalue weighted by molar-refractivity contribution is 0.0950. The van der Waals surface area contributed by atoms with E-state index >= 15 is 0 Å². The fraction of sp³-hybridized carbons (Fsp3) is 0.310. The SMILES string of the molecule is CSc1cc(C(=O)NCc2cc3nc(-c4cccc(N5CCNC(C)(C)C5)n4)ccc3cn2)ccc1C. The fourth-order valence-electron chi connectivity index (χ4n) is 4.61. The molecule has 5 rings (SSSR count). The Labute approximate surface area is 222 Å². The summed E-state index contributed by atoms with van der Waals surface area (Å²) in [5, 5.41) is 7.48. The van der Waals surface area contributed by atoms with Gasteiger partial charge in [-0.25, -0.2) is 9.97 Å². The molecule has 8 heteroatoms. The van der Waals surface area contributed by atoms with Gasteiger partial charge < -0.3 is 15.5 Å². The van der Waals surface area contributed by atoms with Gasteiger partial charge in [-0.3, -0.25) is 9.78 Å². The number of nitrogens with zero attached hydrogens (tertiary/aromatic N) is 4. The van der Waals surface area contributed by atoms with E-state index in [4.69, 9.17) is 9.97 Å². The van der Waals surface area contributed by atoms with Crippen molar-refractivity contribution >= 4 is 34.4 Å². The Balaban J connectivity index is 1.34. The van der Waals surface area contributed by atoms with Crippen molar-refractivity contribution in [3.8, 4) is 11.4 Å². The molecule has 4 heterocycles. The largest absolute Gasteiger partial charge is 0.353 e. The van der Waals surface area contributed by atoms with Crippen LogP contribution in [-0.2, 0) is 6.54 Å². The quantitative estimate of drug-likeness (QED) is 0.358. The van der Waals surface area contributed by atoms with Gasteiger partial charge in [0.15, 0.2) is 0 Å². The van der Waals surface area contributed by atoms with Crippen molar-refractivity contribution < 1.29 is 4.79 Å². The normalized spacial score (nSPS) is 15.1. The first-order valence-corrected chi connectivity index (χ1v) is 13.7. The molecule has 0 atom stereocenters. The number of rotatable bonds is 6. The van der Waals surface area contributed by atoms with Crippen LogP contribution in [0.15, 0.2) is 65.7 Å². The standard InChI is InChI=1S/C29H32N6OS/c1-19-8-9-20(14-26(19)37-4)28(36)31-17-22-15-25-21(16-30-22)10-11-24(33-25)23-6-5-7-27(34-23)35-13-12-32-29(2,3)18-35/h5-11,14-16,32H,12-13,17-18H2,1-4H3,(H,31,36). The van der Waals surface area contributed by atoms with Crippen molar-refractivity contribution in [1.82, 2.24) is 25.6 Å². The number of hydrogen-bond acceptors (Lipinski definition) is 7. The molecule has 1 aliphatic heterocycles. The number of thioether (sulfide) groups is 1. The molecular weight excluding hydrogens is 480 g/mol. The summed E-state index contributed by atoms with van der Waals surface area (Å²) in [4.78, 5) is 30.5. The van der Waals surface area contributed by atoms with E-state index in [0.717, 1.165) is 58.3 Å². The van der Waals surface area contributed by atoms with Crippen LogP contribution in [0, 0.1) is 6.92 Å². The van der Waals surface area contributed by atoms with Crippen LogP contribution in [0.1, 0.15) is 35.5 Å². The van der Waals surface area contributed by atoms with Crippen LogP contribution in [0.3, 0.4) is 0 Å². The van der Waals surface area contributed by atoms with Crippen LogP contribution in [0.2, 0.25) is 0 Å². The van der Waals surface area contributed by atoms with E-state index in [9.17, 15) is 4.79 Å². The Morgan fingerprint density at radius 3 is 2.76 bits per heavy atom. The second-order valence-electron chi connectivity index (χ2n) is 10.0. The van der Waals surface area contributed by atoms with Gasteiger partial charge >= 0.3 is 0 Å². The lowest BCUT2D eigenvalue weighted by Gasteiger charge is -2.39. The minimum absolute atomic E-state index is 0.0483. The van der Waals surface area contributed by atoms with E-state index in [0.29, 0.717) is 12.1 Å². The van der Waals surface area contributed by atoms with Gasteiger partial charge in [0.05, 0.1) is 29.1 Å². The summed E-state index contributed by atoms with van der Waals surface area (Å²) < 4.78 is 0. The summed E-state index contributed by atoms with van der Waals surface area (Å²) in [6.45, 7) is 9.56. The molecule has 1 saturated heterocycles. The van der Waals surface area contributed by atoms with Crippen LogP contribution >= 0.6 is 11.8 Å². The zero-order valence-electron chi connectivity index (χ0n) is 21.7. The molecule has 0 aliphatic carbocycles. The third-order valence-electron chi connectivity index (χ3n) is 6.62. The Hall–Kier alpha value is -3.49. The van der Waals surface area contributed by atoms with E-state index in [2.05, 4.69) is 40.4 Å². The van der Waals surface area contributed by atoms with Crippen LogP contribution in [-0.4, -0.2) is 52.3 Å². The van der Waals surface area contributed by atoms with E-state index in [1.807, 2.05) is 61.7 Å². The van der Waals surface area contributed by atoms with Gasteiger partial charge in [-0.2, -0.15) is 0 Å². The maximum absolute atomic E-state index is 12.7. The summed E-state index contributed by atoms with van der Waals surface area (Å²) in [5.74, 6) is 0.851. The maximum Gasteiger partial charge on any atom is 0.251 e. The first kappa shape index (κ1) is 25.2. The minimum Gasteiger partial charge on any atom is -0.353 e. The fourth-order valence-corrected chi connectivity index (χ4v) is 5.25. The highest BCUT2D eigenvalue weighted by molar-refractivity contribution is 7.98. The molecule has 4 aromatic rings. The minimum atomic E-state index is -0.115. The number of fused-ring (bicyclic) bond motifs is 1. The third-order valence-corrected chi connectivity index (χ3v) is 7.50. The van der Waals surface area contributed by atoms with E-state index in [1.54, 1.807) is 18.0 Å². The van der Waals surface area contributed by atoms with E-state index in [1.165, 1.54) is 5.56 Å². The van der Waals surface area contributed by atoms with Crippen molar-refractivity contribution in [3.63, 3.8) is 0 Å². The molecule has 3 aromatic heterocycles. The maximum atomic E-state index is 12.7. The highest BCUT2D eigenvalue weighted by atomic mass is 32.2. The van der Waals surface area contributed by atoms with Crippen molar-refractivity contribution in [2.45, 2.75) is 37.8 Å². The number of nitrogens with one attached hydrogen (secondary N) is 2. The topological polar surface area (TPSA) is 83.0 Å². The molecule has 0 bridgehead atoms. The summed E-state index contributed by atoms with van der Waals surface area (Å²) in [7, 11) is 0. The number of carbonyl (C=O) groups is 1. The van der Waals surface area contributed by atoms with Gasteiger partial charge in [-0.15, -0.1) is 11.8 Å². The zero-order valence-corrected chi connectivity index (χ0v) is 22.5. The number of benzene rings is 1. The number of amides is 1. The van der Waals surface area contributed by atoms with Crippen molar-refractivity contribution in [2.24, 2.45) is 0 Å². The molecule has 1 aliphatic rings. The van der Waals surface area contributed by atoms with E-state index < -0.39 is 0 Å².